The van der Waals surface area contributed by atoms with Gasteiger partial charge < -0.3 is 4.98 Å². The fraction of sp³-hybridized carbons (Fsp3) is 0.312. The Labute approximate surface area is 152 Å². The first-order chi connectivity index (χ1) is 12.6. The predicted octanol–water partition coefficient (Wildman–Crippen LogP) is 1.51. The Morgan fingerprint density at radius 3 is 2.56 bits per heavy atom. The maximum absolute atomic E-state index is 13.6. The molecule has 2 aromatic heterocycles. The maximum Gasteiger partial charge on any atom is 0.329 e. The molecule has 0 atom stereocenters. The molecule has 0 aliphatic rings. The molecule has 0 bridgehead atoms. The zero-order valence-corrected chi connectivity index (χ0v) is 15.3. The Hall–Kier alpha value is -2.82. The average molecular weight is 398 g/mol. The van der Waals surface area contributed by atoms with Gasteiger partial charge in [-0.15, -0.1) is 0 Å². The molecule has 1 aromatic carbocycles. The molecule has 0 saturated carbocycles. The minimum Gasteiger partial charge on any atom is -0.307 e. The van der Waals surface area contributed by atoms with Gasteiger partial charge in [-0.25, -0.2) is 26.6 Å². The standard InChI is InChI=1S/C16H16F2N4O4S/c1-3-22-13(4-5-19-22)9-6-11-12(7-10(9)14(17)18)20-16(24)21(15(11)23)8-27(2,25)26/h4-7,14H,3,8H2,1-2H3,(H,20,24). The number of aromatic nitrogens is 4. The lowest BCUT2D eigenvalue weighted by Crippen LogP contribution is -2.37. The van der Waals surface area contributed by atoms with E-state index in [1.807, 2.05) is 0 Å². The first-order valence-corrected chi connectivity index (χ1v) is 9.97. The molecule has 0 aliphatic heterocycles. The number of H-pyrrole nitrogens is 1. The molecule has 0 amide bonds. The number of hydrogen-bond donors (Lipinski definition) is 1. The van der Waals surface area contributed by atoms with Crippen molar-refractivity contribution < 1.29 is 17.2 Å². The molecule has 3 aromatic rings. The molecule has 3 rings (SSSR count). The van der Waals surface area contributed by atoms with E-state index in [1.165, 1.54) is 23.0 Å². The quantitative estimate of drug-likeness (QED) is 0.701. The summed E-state index contributed by atoms with van der Waals surface area (Å²) in [7, 11) is -3.67. The number of aromatic amines is 1. The monoisotopic (exact) mass is 398 g/mol. The Morgan fingerprint density at radius 2 is 1.96 bits per heavy atom. The smallest absolute Gasteiger partial charge is 0.307 e. The van der Waals surface area contributed by atoms with Crippen LogP contribution in [-0.4, -0.2) is 34.0 Å². The summed E-state index contributed by atoms with van der Waals surface area (Å²) in [5.41, 5.74) is -1.83. The van der Waals surface area contributed by atoms with Gasteiger partial charge in [0, 0.05) is 30.1 Å². The summed E-state index contributed by atoms with van der Waals surface area (Å²) >= 11 is 0. The summed E-state index contributed by atoms with van der Waals surface area (Å²) in [5.74, 6) is -0.810. The van der Waals surface area contributed by atoms with Gasteiger partial charge >= 0.3 is 5.69 Å². The number of nitrogens with zero attached hydrogens (tertiary/aromatic N) is 3. The largest absolute Gasteiger partial charge is 0.329 e. The van der Waals surface area contributed by atoms with Crippen LogP contribution in [0.5, 0.6) is 0 Å². The van der Waals surface area contributed by atoms with E-state index in [-0.39, 0.29) is 22.0 Å². The van der Waals surface area contributed by atoms with Crippen molar-refractivity contribution in [3.05, 3.63) is 50.8 Å². The van der Waals surface area contributed by atoms with Gasteiger partial charge in [0.25, 0.3) is 12.0 Å². The van der Waals surface area contributed by atoms with Gasteiger partial charge in [0.05, 0.1) is 16.6 Å². The van der Waals surface area contributed by atoms with Gasteiger partial charge in [-0.2, -0.15) is 5.10 Å². The third-order valence-corrected chi connectivity index (χ3v) is 4.77. The minimum atomic E-state index is -3.67. The normalized spacial score (nSPS) is 12.2. The lowest BCUT2D eigenvalue weighted by Gasteiger charge is -2.13. The van der Waals surface area contributed by atoms with Crippen molar-refractivity contribution in [2.24, 2.45) is 0 Å². The van der Waals surface area contributed by atoms with Crippen molar-refractivity contribution in [3.63, 3.8) is 0 Å². The van der Waals surface area contributed by atoms with Crippen molar-refractivity contribution in [1.82, 2.24) is 19.3 Å². The van der Waals surface area contributed by atoms with Crippen LogP contribution in [0.1, 0.15) is 18.9 Å². The first kappa shape index (κ1) is 19.0. The third-order valence-electron chi connectivity index (χ3n) is 4.04. The summed E-state index contributed by atoms with van der Waals surface area (Å²) < 4.78 is 52.2. The van der Waals surface area contributed by atoms with Crippen LogP contribution in [0.4, 0.5) is 8.78 Å². The van der Waals surface area contributed by atoms with Gasteiger partial charge in [0.15, 0.2) is 9.84 Å². The minimum absolute atomic E-state index is 0.0681. The molecule has 0 fully saturated rings. The van der Waals surface area contributed by atoms with Gasteiger partial charge in [0.1, 0.15) is 5.88 Å². The summed E-state index contributed by atoms with van der Waals surface area (Å²) in [6.07, 6.45) is -0.520. The van der Waals surface area contributed by atoms with E-state index in [4.69, 9.17) is 0 Å². The second-order valence-corrected chi connectivity index (χ2v) is 8.15. The Kier molecular flexibility index (Phi) is 4.72. The molecule has 27 heavy (non-hydrogen) atoms. The molecule has 0 aliphatic carbocycles. The number of fused-ring (bicyclic) bond motifs is 1. The zero-order valence-electron chi connectivity index (χ0n) is 14.4. The highest BCUT2D eigenvalue weighted by Gasteiger charge is 2.21. The fourth-order valence-corrected chi connectivity index (χ4v) is 3.59. The molecule has 0 radical (unpaired) electrons. The van der Waals surface area contributed by atoms with Crippen LogP contribution in [-0.2, 0) is 22.3 Å². The lowest BCUT2D eigenvalue weighted by molar-refractivity contribution is 0.152. The van der Waals surface area contributed by atoms with Crippen LogP contribution in [0.15, 0.2) is 34.0 Å². The van der Waals surface area contributed by atoms with Crippen molar-refractivity contribution in [2.75, 3.05) is 6.26 Å². The highest BCUT2D eigenvalue weighted by atomic mass is 32.2. The number of halogens is 2. The number of hydrogen-bond acceptors (Lipinski definition) is 5. The second-order valence-electron chi connectivity index (χ2n) is 6.04. The number of benzene rings is 1. The molecule has 2 heterocycles. The van der Waals surface area contributed by atoms with Gasteiger partial charge in [-0.05, 0) is 25.1 Å². The van der Waals surface area contributed by atoms with Gasteiger partial charge in [0.2, 0.25) is 0 Å². The Balaban J connectivity index is 2.38. The van der Waals surface area contributed by atoms with Crippen LogP contribution in [0, 0.1) is 0 Å². The number of alkyl halides is 2. The van der Waals surface area contributed by atoms with E-state index in [2.05, 4.69) is 10.1 Å². The molecule has 0 saturated heterocycles. The van der Waals surface area contributed by atoms with Crippen molar-refractivity contribution in [1.29, 1.82) is 0 Å². The van der Waals surface area contributed by atoms with Crippen LogP contribution >= 0.6 is 0 Å². The van der Waals surface area contributed by atoms with E-state index in [1.54, 1.807) is 6.92 Å². The predicted molar refractivity (Wildman–Crippen MR) is 95.5 cm³/mol. The summed E-state index contributed by atoms with van der Waals surface area (Å²) in [6, 6.07) is 3.81. The SMILES string of the molecule is CCn1nccc1-c1cc2c(=O)n(CS(C)(=O)=O)c(=O)[nH]c2cc1C(F)F. The molecule has 0 spiro atoms. The second kappa shape index (κ2) is 6.72. The number of aryl methyl sites for hydroxylation is 1. The van der Waals surface area contributed by atoms with Gasteiger partial charge in [-0.3, -0.25) is 9.48 Å². The molecule has 8 nitrogen and oxygen atoms in total. The molecular weight excluding hydrogens is 382 g/mol. The number of nitrogens with one attached hydrogen (secondary N) is 1. The average Bonchev–Trinajstić information content (AvgIpc) is 3.05. The van der Waals surface area contributed by atoms with E-state index in [0.717, 1.165) is 12.3 Å². The molecule has 1 N–H and O–H groups in total. The van der Waals surface area contributed by atoms with Crippen LogP contribution < -0.4 is 11.2 Å². The fourth-order valence-electron chi connectivity index (χ4n) is 2.88. The Morgan fingerprint density at radius 1 is 1.26 bits per heavy atom. The van der Waals surface area contributed by atoms with Crippen LogP contribution in [0.3, 0.4) is 0 Å². The summed E-state index contributed by atoms with van der Waals surface area (Å²) in [5, 5.41) is 3.98. The summed E-state index contributed by atoms with van der Waals surface area (Å²) in [4.78, 5) is 27.0. The van der Waals surface area contributed by atoms with Crippen LogP contribution in [0.2, 0.25) is 0 Å². The van der Waals surface area contributed by atoms with E-state index in [9.17, 15) is 26.8 Å². The highest BCUT2D eigenvalue weighted by Crippen LogP contribution is 2.33. The molecule has 0 unspecified atom stereocenters. The number of sulfone groups is 1. The topological polar surface area (TPSA) is 107 Å². The zero-order chi connectivity index (χ0) is 19.9. The molecule has 144 valence electrons. The van der Waals surface area contributed by atoms with Crippen molar-refractivity contribution in [2.45, 2.75) is 25.8 Å². The number of rotatable bonds is 5. The Bertz CT molecular complexity index is 1240. The molecular formula is C16H16F2N4O4S. The van der Waals surface area contributed by atoms with E-state index >= 15 is 0 Å². The van der Waals surface area contributed by atoms with Crippen LogP contribution in [0.25, 0.3) is 22.2 Å². The molecule has 11 heteroatoms. The highest BCUT2D eigenvalue weighted by molar-refractivity contribution is 7.89. The van der Waals surface area contributed by atoms with E-state index in [0.29, 0.717) is 16.8 Å². The first-order valence-electron chi connectivity index (χ1n) is 7.91. The summed E-state index contributed by atoms with van der Waals surface area (Å²) in [6.45, 7) is 2.21. The van der Waals surface area contributed by atoms with Crippen molar-refractivity contribution >= 4 is 20.7 Å². The van der Waals surface area contributed by atoms with E-state index < -0.39 is 33.4 Å². The lowest BCUT2D eigenvalue weighted by atomic mass is 10.0. The van der Waals surface area contributed by atoms with Gasteiger partial charge in [-0.1, -0.05) is 0 Å². The third kappa shape index (κ3) is 3.54. The maximum atomic E-state index is 13.6. The van der Waals surface area contributed by atoms with Crippen molar-refractivity contribution in [3.8, 4) is 11.3 Å².